The smallest absolute Gasteiger partial charge is 0.352 e. The summed E-state index contributed by atoms with van der Waals surface area (Å²) in [5, 5.41) is 11.6. The minimum Gasteiger partial charge on any atom is -0.477 e. The van der Waals surface area contributed by atoms with Crippen molar-refractivity contribution in [2.75, 3.05) is 0 Å². The van der Waals surface area contributed by atoms with Crippen LogP contribution in [0, 0.1) is 6.92 Å². The Kier molecular flexibility index (Phi) is 3.85. The predicted octanol–water partition coefficient (Wildman–Crippen LogP) is 5.00. The minimum absolute atomic E-state index is 0.253. The Hall–Kier alpha value is -1.97. The number of carboxylic acids is 1. The maximum Gasteiger partial charge on any atom is 0.352 e. The average molecular weight is 334 g/mol. The first-order chi connectivity index (χ1) is 10.5. The molecule has 2 aromatic carbocycles. The Balaban J connectivity index is 2.27. The fourth-order valence-corrected chi connectivity index (χ4v) is 3.28. The summed E-state index contributed by atoms with van der Waals surface area (Å²) in [7, 11) is 0. The molecule has 0 atom stereocenters. The number of benzene rings is 2. The van der Waals surface area contributed by atoms with Gasteiger partial charge in [0.15, 0.2) is 0 Å². The molecule has 1 N–H and O–H groups in total. The molecule has 0 radical (unpaired) electrons. The van der Waals surface area contributed by atoms with Crippen LogP contribution in [-0.2, 0) is 6.54 Å². The molecule has 3 aromatic rings. The summed E-state index contributed by atoms with van der Waals surface area (Å²) in [5.74, 6) is -0.966. The van der Waals surface area contributed by atoms with E-state index in [-0.39, 0.29) is 5.69 Å². The van der Waals surface area contributed by atoms with E-state index in [1.807, 2.05) is 30.3 Å². The van der Waals surface area contributed by atoms with Gasteiger partial charge >= 0.3 is 5.97 Å². The molecule has 22 heavy (non-hydrogen) atoms. The highest BCUT2D eigenvalue weighted by molar-refractivity contribution is 6.35. The van der Waals surface area contributed by atoms with Crippen molar-refractivity contribution in [1.29, 1.82) is 0 Å². The summed E-state index contributed by atoms with van der Waals surface area (Å²) in [6.45, 7) is 2.20. The number of fused-ring (bicyclic) bond motifs is 1. The number of aryl methyl sites for hydroxylation is 1. The minimum atomic E-state index is -0.966. The van der Waals surface area contributed by atoms with Gasteiger partial charge in [-0.2, -0.15) is 0 Å². The Morgan fingerprint density at radius 1 is 1.18 bits per heavy atom. The lowest BCUT2D eigenvalue weighted by molar-refractivity contribution is 0.0685. The number of halogens is 2. The third-order valence-electron chi connectivity index (χ3n) is 3.72. The van der Waals surface area contributed by atoms with Crippen LogP contribution in [0.25, 0.3) is 10.9 Å². The zero-order chi connectivity index (χ0) is 15.9. The maximum atomic E-state index is 11.7. The fraction of sp³-hybridized carbons (Fsp3) is 0.118. The zero-order valence-corrected chi connectivity index (χ0v) is 13.3. The highest BCUT2D eigenvalue weighted by Crippen LogP contribution is 2.32. The number of aromatic nitrogens is 1. The van der Waals surface area contributed by atoms with Crippen molar-refractivity contribution in [1.82, 2.24) is 4.57 Å². The number of carbonyl (C=O) groups is 1. The van der Waals surface area contributed by atoms with Crippen LogP contribution in [0.15, 0.2) is 42.5 Å². The number of hydrogen-bond acceptors (Lipinski definition) is 1. The average Bonchev–Trinajstić information content (AvgIpc) is 2.73. The first-order valence-electron chi connectivity index (χ1n) is 6.74. The van der Waals surface area contributed by atoms with Crippen LogP contribution in [-0.4, -0.2) is 15.6 Å². The summed E-state index contributed by atoms with van der Waals surface area (Å²) in [6.07, 6.45) is 0. The molecular formula is C17H13Cl2NO2. The monoisotopic (exact) mass is 333 g/mol. The van der Waals surface area contributed by atoms with Gasteiger partial charge in [-0.25, -0.2) is 4.79 Å². The third kappa shape index (κ3) is 2.47. The van der Waals surface area contributed by atoms with Crippen molar-refractivity contribution in [3.63, 3.8) is 0 Å². The first-order valence-corrected chi connectivity index (χ1v) is 7.49. The SMILES string of the molecule is Cc1c(C(=O)O)n(Cc2cccc(Cl)c2)c2c(Cl)cccc12. The number of hydrogen-bond donors (Lipinski definition) is 1. The van der Waals surface area contributed by atoms with Crippen LogP contribution in [0.4, 0.5) is 0 Å². The van der Waals surface area contributed by atoms with Gasteiger partial charge in [0.1, 0.15) is 5.69 Å². The summed E-state index contributed by atoms with van der Waals surface area (Å²) in [5.41, 5.74) is 2.63. The molecule has 5 heteroatoms. The molecule has 0 aliphatic heterocycles. The van der Waals surface area contributed by atoms with Crippen LogP contribution >= 0.6 is 23.2 Å². The summed E-state index contributed by atoms with van der Waals surface area (Å²) in [4.78, 5) is 11.7. The number of nitrogens with zero attached hydrogens (tertiary/aromatic N) is 1. The Labute approximate surface area is 137 Å². The Bertz CT molecular complexity index is 884. The van der Waals surface area contributed by atoms with Crippen molar-refractivity contribution >= 4 is 40.1 Å². The lowest BCUT2D eigenvalue weighted by Gasteiger charge is -2.10. The van der Waals surface area contributed by atoms with E-state index in [1.54, 1.807) is 23.6 Å². The van der Waals surface area contributed by atoms with Gasteiger partial charge in [-0.05, 0) is 36.2 Å². The highest BCUT2D eigenvalue weighted by Gasteiger charge is 2.21. The van der Waals surface area contributed by atoms with Crippen molar-refractivity contribution in [3.8, 4) is 0 Å². The topological polar surface area (TPSA) is 42.2 Å². The highest BCUT2D eigenvalue weighted by atomic mass is 35.5. The van der Waals surface area contributed by atoms with Gasteiger partial charge < -0.3 is 9.67 Å². The molecule has 0 fully saturated rings. The lowest BCUT2D eigenvalue weighted by atomic mass is 10.1. The summed E-state index contributed by atoms with van der Waals surface area (Å²) in [6, 6.07) is 12.8. The molecular weight excluding hydrogens is 321 g/mol. The molecule has 0 saturated carbocycles. The second-order valence-corrected chi connectivity index (χ2v) is 5.97. The molecule has 1 heterocycles. The molecule has 3 nitrogen and oxygen atoms in total. The number of carboxylic acid groups (broad SMARTS) is 1. The zero-order valence-electron chi connectivity index (χ0n) is 11.8. The van der Waals surface area contributed by atoms with Gasteiger partial charge in [0, 0.05) is 17.0 Å². The molecule has 3 rings (SSSR count). The van der Waals surface area contributed by atoms with Crippen molar-refractivity contribution in [2.45, 2.75) is 13.5 Å². The van der Waals surface area contributed by atoms with Crippen LogP contribution in [0.5, 0.6) is 0 Å². The van der Waals surface area contributed by atoms with Crippen molar-refractivity contribution in [3.05, 3.63) is 69.3 Å². The summed E-state index contributed by atoms with van der Waals surface area (Å²) < 4.78 is 1.74. The summed E-state index contributed by atoms with van der Waals surface area (Å²) >= 11 is 12.3. The van der Waals surface area contributed by atoms with Gasteiger partial charge in [0.25, 0.3) is 0 Å². The normalized spacial score (nSPS) is 11.0. The molecule has 1 aromatic heterocycles. The van der Waals surface area contributed by atoms with Gasteiger partial charge in [-0.3, -0.25) is 0 Å². The van der Waals surface area contributed by atoms with E-state index >= 15 is 0 Å². The second-order valence-electron chi connectivity index (χ2n) is 5.13. The molecule has 0 aliphatic carbocycles. The second kappa shape index (κ2) is 5.67. The van der Waals surface area contributed by atoms with E-state index < -0.39 is 5.97 Å². The Morgan fingerprint density at radius 2 is 1.91 bits per heavy atom. The molecule has 0 spiro atoms. The predicted molar refractivity (Wildman–Crippen MR) is 89.2 cm³/mol. The molecule has 0 aliphatic rings. The van der Waals surface area contributed by atoms with E-state index in [2.05, 4.69) is 0 Å². The van der Waals surface area contributed by atoms with E-state index in [0.717, 1.165) is 16.5 Å². The van der Waals surface area contributed by atoms with Crippen molar-refractivity contribution < 1.29 is 9.90 Å². The van der Waals surface area contributed by atoms with Gasteiger partial charge in [-0.1, -0.05) is 47.5 Å². The molecule has 0 saturated heterocycles. The largest absolute Gasteiger partial charge is 0.477 e. The number of rotatable bonds is 3. The van der Waals surface area contributed by atoms with Gasteiger partial charge in [-0.15, -0.1) is 0 Å². The standard InChI is InChI=1S/C17H13Cl2NO2/c1-10-13-6-3-7-14(19)16(13)20(15(10)17(21)22)9-11-4-2-5-12(18)8-11/h2-8H,9H2,1H3,(H,21,22). The van der Waals surface area contributed by atoms with Gasteiger partial charge in [0.2, 0.25) is 0 Å². The fourth-order valence-electron chi connectivity index (χ4n) is 2.79. The van der Waals surface area contributed by atoms with Crippen LogP contribution < -0.4 is 0 Å². The van der Waals surface area contributed by atoms with E-state index in [4.69, 9.17) is 23.2 Å². The molecule has 0 bridgehead atoms. The van der Waals surface area contributed by atoms with Crippen LogP contribution in [0.1, 0.15) is 21.6 Å². The van der Waals surface area contributed by atoms with Crippen molar-refractivity contribution in [2.24, 2.45) is 0 Å². The van der Waals surface area contributed by atoms with Crippen LogP contribution in [0.2, 0.25) is 10.0 Å². The molecule has 112 valence electrons. The van der Waals surface area contributed by atoms with E-state index in [0.29, 0.717) is 22.2 Å². The Morgan fingerprint density at radius 3 is 2.59 bits per heavy atom. The number of aromatic carboxylic acids is 1. The lowest BCUT2D eigenvalue weighted by Crippen LogP contribution is -2.10. The number of para-hydroxylation sites is 1. The third-order valence-corrected chi connectivity index (χ3v) is 4.26. The van der Waals surface area contributed by atoms with Crippen LogP contribution in [0.3, 0.4) is 0 Å². The molecule has 0 unspecified atom stereocenters. The van der Waals surface area contributed by atoms with E-state index in [9.17, 15) is 9.90 Å². The quantitative estimate of drug-likeness (QED) is 0.732. The first kappa shape index (κ1) is 14.9. The molecule has 0 amide bonds. The van der Waals surface area contributed by atoms with Gasteiger partial charge in [0.05, 0.1) is 10.5 Å². The van der Waals surface area contributed by atoms with E-state index in [1.165, 1.54) is 0 Å². The maximum absolute atomic E-state index is 11.7.